The number of para-hydroxylation sites is 1. The Hall–Kier alpha value is -1.07. The molecular weight excluding hydrogens is 214 g/mol. The van der Waals surface area contributed by atoms with E-state index in [-0.39, 0.29) is 11.5 Å². The summed E-state index contributed by atoms with van der Waals surface area (Å²) < 4.78 is 28.1. The summed E-state index contributed by atoms with van der Waals surface area (Å²) in [5.74, 6) is 0.697. The molecule has 15 heavy (non-hydrogen) atoms. The van der Waals surface area contributed by atoms with Crippen LogP contribution in [0.5, 0.6) is 5.75 Å². The van der Waals surface area contributed by atoms with Crippen molar-refractivity contribution in [3.05, 3.63) is 30.3 Å². The summed E-state index contributed by atoms with van der Waals surface area (Å²) in [5.41, 5.74) is 5.70. The third-order valence-electron chi connectivity index (χ3n) is 2.37. The van der Waals surface area contributed by atoms with Gasteiger partial charge in [0.05, 0.1) is 17.5 Å². The van der Waals surface area contributed by atoms with Gasteiger partial charge in [0.25, 0.3) is 0 Å². The molecule has 0 radical (unpaired) electrons. The molecule has 2 rings (SSSR count). The Kier molecular flexibility index (Phi) is 2.67. The molecule has 4 nitrogen and oxygen atoms in total. The van der Waals surface area contributed by atoms with Crippen LogP contribution in [0.4, 0.5) is 0 Å². The lowest BCUT2D eigenvalue weighted by Gasteiger charge is -2.15. The maximum atomic E-state index is 11.3. The Morgan fingerprint density at radius 2 is 1.87 bits per heavy atom. The zero-order valence-corrected chi connectivity index (χ0v) is 8.98. The van der Waals surface area contributed by atoms with Gasteiger partial charge in [-0.2, -0.15) is 0 Å². The first-order valence-corrected chi connectivity index (χ1v) is 6.57. The highest BCUT2D eigenvalue weighted by Crippen LogP contribution is 2.18. The molecule has 0 spiro atoms. The van der Waals surface area contributed by atoms with Crippen molar-refractivity contribution in [2.24, 2.45) is 5.73 Å². The van der Waals surface area contributed by atoms with E-state index in [0.29, 0.717) is 5.75 Å². The zero-order valence-electron chi connectivity index (χ0n) is 8.17. The van der Waals surface area contributed by atoms with Crippen molar-refractivity contribution in [3.8, 4) is 5.75 Å². The third kappa shape index (κ3) is 2.49. The van der Waals surface area contributed by atoms with Crippen LogP contribution >= 0.6 is 0 Å². The van der Waals surface area contributed by atoms with Gasteiger partial charge in [-0.3, -0.25) is 0 Å². The fraction of sp³-hybridized carbons (Fsp3) is 0.400. The van der Waals surface area contributed by atoms with E-state index < -0.39 is 22.0 Å². The summed E-state index contributed by atoms with van der Waals surface area (Å²) in [7, 11) is -3.01. The Morgan fingerprint density at radius 1 is 1.20 bits per heavy atom. The molecule has 1 saturated heterocycles. The fourth-order valence-corrected chi connectivity index (χ4v) is 3.39. The normalized spacial score (nSPS) is 28.9. The van der Waals surface area contributed by atoms with Crippen LogP contribution in [0.3, 0.4) is 0 Å². The molecule has 1 aliphatic heterocycles. The van der Waals surface area contributed by atoms with Crippen LogP contribution in [-0.4, -0.2) is 32.1 Å². The summed E-state index contributed by atoms with van der Waals surface area (Å²) in [6, 6.07) is 8.71. The van der Waals surface area contributed by atoms with Crippen molar-refractivity contribution in [2.45, 2.75) is 12.1 Å². The molecule has 1 fully saturated rings. The summed E-state index contributed by atoms with van der Waals surface area (Å²) >= 11 is 0. The Labute approximate surface area is 89.0 Å². The highest BCUT2D eigenvalue weighted by molar-refractivity contribution is 7.91. The summed E-state index contributed by atoms with van der Waals surface area (Å²) in [6.07, 6.45) is -0.419. The molecule has 2 atom stereocenters. The molecule has 0 aliphatic carbocycles. The molecule has 82 valence electrons. The van der Waals surface area contributed by atoms with Crippen LogP contribution < -0.4 is 10.5 Å². The lowest BCUT2D eigenvalue weighted by Crippen LogP contribution is -2.37. The quantitative estimate of drug-likeness (QED) is 0.783. The minimum absolute atomic E-state index is 0.0169. The average Bonchev–Trinajstić information content (AvgIpc) is 2.41. The number of rotatable bonds is 2. The predicted octanol–water partition coefficient (Wildman–Crippen LogP) is 0.190. The van der Waals surface area contributed by atoms with E-state index in [1.54, 1.807) is 12.1 Å². The molecule has 1 aromatic carbocycles. The minimum Gasteiger partial charge on any atom is -0.488 e. The van der Waals surface area contributed by atoms with Crippen LogP contribution in [0.1, 0.15) is 0 Å². The highest BCUT2D eigenvalue weighted by atomic mass is 32.2. The molecule has 0 aromatic heterocycles. The van der Waals surface area contributed by atoms with Crippen molar-refractivity contribution in [1.29, 1.82) is 0 Å². The molecule has 1 aromatic rings. The van der Waals surface area contributed by atoms with Gasteiger partial charge in [-0.05, 0) is 12.1 Å². The van der Waals surface area contributed by atoms with Gasteiger partial charge >= 0.3 is 0 Å². The van der Waals surface area contributed by atoms with Crippen LogP contribution in [0.25, 0.3) is 0 Å². The van der Waals surface area contributed by atoms with Crippen LogP contribution in [-0.2, 0) is 9.84 Å². The molecule has 1 heterocycles. The van der Waals surface area contributed by atoms with Gasteiger partial charge in [-0.1, -0.05) is 18.2 Å². The van der Waals surface area contributed by atoms with Crippen LogP contribution in [0.2, 0.25) is 0 Å². The second-order valence-corrected chi connectivity index (χ2v) is 5.86. The maximum absolute atomic E-state index is 11.3. The second kappa shape index (κ2) is 3.83. The minimum atomic E-state index is -3.01. The van der Waals surface area contributed by atoms with Gasteiger partial charge in [0.2, 0.25) is 0 Å². The second-order valence-electron chi connectivity index (χ2n) is 3.71. The lowest BCUT2D eigenvalue weighted by molar-refractivity contribution is 0.209. The monoisotopic (exact) mass is 227 g/mol. The maximum Gasteiger partial charge on any atom is 0.155 e. The summed E-state index contributed by atoms with van der Waals surface area (Å²) in [5, 5.41) is 0. The number of benzene rings is 1. The molecule has 1 aliphatic rings. The molecule has 2 N–H and O–H groups in total. The topological polar surface area (TPSA) is 69.4 Å². The number of nitrogens with two attached hydrogens (primary N) is 1. The molecule has 0 bridgehead atoms. The average molecular weight is 227 g/mol. The smallest absolute Gasteiger partial charge is 0.155 e. The Balaban J connectivity index is 2.08. The lowest BCUT2D eigenvalue weighted by atomic mass is 10.2. The molecule has 5 heteroatoms. The largest absolute Gasteiger partial charge is 0.488 e. The molecular formula is C10H13NO3S. The van der Waals surface area contributed by atoms with E-state index in [4.69, 9.17) is 10.5 Å². The van der Waals surface area contributed by atoms with Crippen molar-refractivity contribution in [3.63, 3.8) is 0 Å². The highest BCUT2D eigenvalue weighted by Gasteiger charge is 2.36. The van der Waals surface area contributed by atoms with Crippen LogP contribution in [0, 0.1) is 0 Å². The van der Waals surface area contributed by atoms with E-state index in [1.165, 1.54) is 0 Å². The number of hydrogen-bond donors (Lipinski definition) is 1. The molecule has 0 amide bonds. The first-order valence-electron chi connectivity index (χ1n) is 4.74. The summed E-state index contributed by atoms with van der Waals surface area (Å²) in [4.78, 5) is 0. The van der Waals surface area contributed by atoms with E-state index in [0.717, 1.165) is 0 Å². The molecule has 0 saturated carbocycles. The van der Waals surface area contributed by atoms with E-state index in [2.05, 4.69) is 0 Å². The Morgan fingerprint density at radius 3 is 2.40 bits per heavy atom. The van der Waals surface area contributed by atoms with Gasteiger partial charge in [-0.25, -0.2) is 8.42 Å². The van der Waals surface area contributed by atoms with Crippen molar-refractivity contribution < 1.29 is 13.2 Å². The number of hydrogen-bond acceptors (Lipinski definition) is 4. The first kappa shape index (κ1) is 10.4. The molecule has 2 unspecified atom stereocenters. The van der Waals surface area contributed by atoms with Gasteiger partial charge in [0.1, 0.15) is 11.9 Å². The predicted molar refractivity (Wildman–Crippen MR) is 57.5 cm³/mol. The van der Waals surface area contributed by atoms with Gasteiger partial charge < -0.3 is 10.5 Å². The fourth-order valence-electron chi connectivity index (χ4n) is 1.64. The van der Waals surface area contributed by atoms with E-state index >= 15 is 0 Å². The standard InChI is InChI=1S/C10H13NO3S/c11-9-6-15(12,13)7-10(9)14-8-4-2-1-3-5-8/h1-5,9-10H,6-7,11H2. The summed E-state index contributed by atoms with van der Waals surface area (Å²) in [6.45, 7) is 0. The number of ether oxygens (including phenoxy) is 1. The SMILES string of the molecule is NC1CS(=O)(=O)CC1Oc1ccccc1. The third-order valence-corrected chi connectivity index (χ3v) is 4.10. The first-order chi connectivity index (χ1) is 7.07. The van der Waals surface area contributed by atoms with Crippen molar-refractivity contribution in [1.82, 2.24) is 0 Å². The Bertz CT molecular complexity index is 429. The van der Waals surface area contributed by atoms with Gasteiger partial charge in [0.15, 0.2) is 9.84 Å². The van der Waals surface area contributed by atoms with E-state index in [1.807, 2.05) is 18.2 Å². The van der Waals surface area contributed by atoms with Gasteiger partial charge in [0, 0.05) is 0 Å². The van der Waals surface area contributed by atoms with Crippen molar-refractivity contribution >= 4 is 9.84 Å². The van der Waals surface area contributed by atoms with Crippen molar-refractivity contribution in [2.75, 3.05) is 11.5 Å². The van der Waals surface area contributed by atoms with Gasteiger partial charge in [-0.15, -0.1) is 0 Å². The zero-order chi connectivity index (χ0) is 10.9. The van der Waals surface area contributed by atoms with E-state index in [9.17, 15) is 8.42 Å². The van der Waals surface area contributed by atoms with Crippen LogP contribution in [0.15, 0.2) is 30.3 Å². The number of sulfone groups is 1.